The first kappa shape index (κ1) is 14.8. The van der Waals surface area contributed by atoms with Crippen molar-refractivity contribution in [2.24, 2.45) is 0 Å². The fraction of sp³-hybridized carbons (Fsp3) is 0.533. The molecule has 1 atom stereocenters. The predicted molar refractivity (Wildman–Crippen MR) is 72.1 cm³/mol. The summed E-state index contributed by atoms with van der Waals surface area (Å²) < 4.78 is 13.4. The van der Waals surface area contributed by atoms with Gasteiger partial charge in [-0.3, -0.25) is 4.79 Å². The van der Waals surface area contributed by atoms with E-state index in [0.717, 1.165) is 24.9 Å². The first-order valence-corrected chi connectivity index (χ1v) is 6.68. The molecule has 0 aromatic heterocycles. The SMILES string of the molecule is CCNC(CCCc1ccccc1F)C(=O)CC. The lowest BCUT2D eigenvalue weighted by Gasteiger charge is -2.15. The molecule has 0 aliphatic heterocycles. The normalized spacial score (nSPS) is 12.4. The number of nitrogens with one attached hydrogen (secondary N) is 1. The van der Waals surface area contributed by atoms with E-state index in [9.17, 15) is 9.18 Å². The van der Waals surface area contributed by atoms with E-state index in [-0.39, 0.29) is 17.6 Å². The third-order valence-electron chi connectivity index (χ3n) is 3.08. The number of carbonyl (C=O) groups is 1. The monoisotopic (exact) mass is 251 g/mol. The second-order valence-electron chi connectivity index (χ2n) is 4.41. The number of ketones is 1. The summed E-state index contributed by atoms with van der Waals surface area (Å²) in [6.45, 7) is 4.66. The Balaban J connectivity index is 2.44. The molecule has 2 nitrogen and oxygen atoms in total. The zero-order chi connectivity index (χ0) is 13.4. The molecule has 1 unspecified atom stereocenters. The molecule has 1 rings (SSSR count). The topological polar surface area (TPSA) is 29.1 Å². The van der Waals surface area contributed by atoms with E-state index >= 15 is 0 Å². The third kappa shape index (κ3) is 4.57. The van der Waals surface area contributed by atoms with Crippen molar-refractivity contribution in [3.8, 4) is 0 Å². The number of hydrogen-bond donors (Lipinski definition) is 1. The van der Waals surface area contributed by atoms with Gasteiger partial charge in [0, 0.05) is 6.42 Å². The molecule has 3 heteroatoms. The smallest absolute Gasteiger partial charge is 0.149 e. The first-order valence-electron chi connectivity index (χ1n) is 6.68. The lowest BCUT2D eigenvalue weighted by atomic mass is 10.0. The fourth-order valence-electron chi connectivity index (χ4n) is 2.07. The van der Waals surface area contributed by atoms with E-state index in [4.69, 9.17) is 0 Å². The van der Waals surface area contributed by atoms with Crippen LogP contribution in [0.25, 0.3) is 0 Å². The minimum Gasteiger partial charge on any atom is -0.308 e. The van der Waals surface area contributed by atoms with Gasteiger partial charge in [-0.05, 0) is 37.4 Å². The molecule has 0 amide bonds. The van der Waals surface area contributed by atoms with Crippen LogP contribution in [0.1, 0.15) is 38.7 Å². The molecule has 0 aliphatic carbocycles. The summed E-state index contributed by atoms with van der Waals surface area (Å²) in [5.74, 6) is 0.0877. The standard InChI is InChI=1S/C15H22FNO/c1-3-15(18)14(17-4-2)11-7-9-12-8-5-6-10-13(12)16/h5-6,8,10,14,17H,3-4,7,9,11H2,1-2H3. The Labute approximate surface area is 109 Å². The fourth-order valence-corrected chi connectivity index (χ4v) is 2.07. The average Bonchev–Trinajstić information content (AvgIpc) is 2.39. The zero-order valence-electron chi connectivity index (χ0n) is 11.2. The summed E-state index contributed by atoms with van der Waals surface area (Å²) in [7, 11) is 0. The minimum atomic E-state index is -0.153. The van der Waals surface area contributed by atoms with Gasteiger partial charge in [0.05, 0.1) is 6.04 Å². The van der Waals surface area contributed by atoms with Gasteiger partial charge in [0.15, 0.2) is 0 Å². The largest absolute Gasteiger partial charge is 0.308 e. The third-order valence-corrected chi connectivity index (χ3v) is 3.08. The second-order valence-corrected chi connectivity index (χ2v) is 4.41. The Kier molecular flexibility index (Phi) is 6.58. The van der Waals surface area contributed by atoms with Gasteiger partial charge in [0.1, 0.15) is 11.6 Å². The van der Waals surface area contributed by atoms with Crippen LogP contribution in [0.15, 0.2) is 24.3 Å². The molecule has 18 heavy (non-hydrogen) atoms. The molecule has 0 bridgehead atoms. The second kappa shape index (κ2) is 7.98. The van der Waals surface area contributed by atoms with Gasteiger partial charge in [0.2, 0.25) is 0 Å². The molecule has 0 radical (unpaired) electrons. The summed E-state index contributed by atoms with van der Waals surface area (Å²) >= 11 is 0. The Hall–Kier alpha value is -1.22. The van der Waals surface area contributed by atoms with Crippen molar-refractivity contribution >= 4 is 5.78 Å². The molecule has 1 aromatic carbocycles. The summed E-state index contributed by atoms with van der Waals surface area (Å²) in [5.41, 5.74) is 0.733. The van der Waals surface area contributed by atoms with Crippen LogP contribution in [0, 0.1) is 5.82 Å². The van der Waals surface area contributed by atoms with Crippen LogP contribution in [0.2, 0.25) is 0 Å². The number of Topliss-reactive ketones (excluding diaryl/α,β-unsaturated/α-hetero) is 1. The minimum absolute atomic E-state index is 0.0771. The van der Waals surface area contributed by atoms with Crippen molar-refractivity contribution in [2.45, 2.75) is 45.6 Å². The van der Waals surface area contributed by atoms with Crippen molar-refractivity contribution in [2.75, 3.05) is 6.54 Å². The Morgan fingerprint density at radius 1 is 1.33 bits per heavy atom. The summed E-state index contributed by atoms with van der Waals surface area (Å²) in [5, 5.41) is 3.19. The zero-order valence-corrected chi connectivity index (χ0v) is 11.2. The van der Waals surface area contributed by atoms with E-state index in [1.165, 1.54) is 6.07 Å². The number of rotatable bonds is 8. The Morgan fingerprint density at radius 3 is 2.67 bits per heavy atom. The van der Waals surface area contributed by atoms with Gasteiger partial charge < -0.3 is 5.32 Å². The highest BCUT2D eigenvalue weighted by atomic mass is 19.1. The molecule has 0 saturated heterocycles. The van der Waals surface area contributed by atoms with Crippen molar-refractivity contribution < 1.29 is 9.18 Å². The van der Waals surface area contributed by atoms with Gasteiger partial charge in [-0.15, -0.1) is 0 Å². The van der Waals surface area contributed by atoms with Gasteiger partial charge in [-0.1, -0.05) is 32.0 Å². The first-order chi connectivity index (χ1) is 8.69. The summed E-state index contributed by atoms with van der Waals surface area (Å²) in [6, 6.07) is 6.75. The highest BCUT2D eigenvalue weighted by molar-refractivity contribution is 5.83. The van der Waals surface area contributed by atoms with E-state index in [2.05, 4.69) is 5.32 Å². The molecule has 1 N–H and O–H groups in total. The van der Waals surface area contributed by atoms with Crippen LogP contribution >= 0.6 is 0 Å². The average molecular weight is 251 g/mol. The molecule has 0 aliphatic rings. The van der Waals surface area contributed by atoms with E-state index < -0.39 is 0 Å². The lowest BCUT2D eigenvalue weighted by molar-refractivity contribution is -0.120. The Morgan fingerprint density at radius 2 is 2.06 bits per heavy atom. The van der Waals surface area contributed by atoms with E-state index in [0.29, 0.717) is 12.8 Å². The predicted octanol–water partition coefficient (Wildman–Crippen LogP) is 3.11. The van der Waals surface area contributed by atoms with Crippen LogP contribution in [-0.2, 0) is 11.2 Å². The number of carbonyl (C=O) groups excluding carboxylic acids is 1. The van der Waals surface area contributed by atoms with Crippen molar-refractivity contribution in [3.05, 3.63) is 35.6 Å². The van der Waals surface area contributed by atoms with Gasteiger partial charge in [-0.25, -0.2) is 4.39 Å². The van der Waals surface area contributed by atoms with Gasteiger partial charge in [0.25, 0.3) is 0 Å². The molecular weight excluding hydrogens is 229 g/mol. The number of aryl methyl sites for hydroxylation is 1. The number of halogens is 1. The molecule has 0 heterocycles. The maximum Gasteiger partial charge on any atom is 0.149 e. The van der Waals surface area contributed by atoms with Crippen molar-refractivity contribution in [3.63, 3.8) is 0 Å². The van der Waals surface area contributed by atoms with Crippen LogP contribution in [0.4, 0.5) is 4.39 Å². The van der Waals surface area contributed by atoms with Crippen LogP contribution in [0.5, 0.6) is 0 Å². The van der Waals surface area contributed by atoms with Crippen molar-refractivity contribution in [1.29, 1.82) is 0 Å². The molecule has 100 valence electrons. The Bertz CT molecular complexity index is 379. The summed E-state index contributed by atoms with van der Waals surface area (Å²) in [4.78, 5) is 11.7. The lowest BCUT2D eigenvalue weighted by Crippen LogP contribution is -2.36. The quantitative estimate of drug-likeness (QED) is 0.769. The number of hydrogen-bond acceptors (Lipinski definition) is 2. The van der Waals surface area contributed by atoms with Crippen molar-refractivity contribution in [1.82, 2.24) is 5.32 Å². The van der Waals surface area contributed by atoms with Gasteiger partial charge >= 0.3 is 0 Å². The molecule has 0 saturated carbocycles. The van der Waals surface area contributed by atoms with Crippen LogP contribution in [-0.4, -0.2) is 18.4 Å². The van der Waals surface area contributed by atoms with Crippen LogP contribution in [0.3, 0.4) is 0 Å². The van der Waals surface area contributed by atoms with Crippen LogP contribution < -0.4 is 5.32 Å². The van der Waals surface area contributed by atoms with Gasteiger partial charge in [-0.2, -0.15) is 0 Å². The molecule has 1 aromatic rings. The molecular formula is C15H22FNO. The highest BCUT2D eigenvalue weighted by Gasteiger charge is 2.14. The van der Waals surface area contributed by atoms with E-state index in [1.54, 1.807) is 12.1 Å². The molecule has 0 spiro atoms. The highest BCUT2D eigenvalue weighted by Crippen LogP contribution is 2.11. The maximum atomic E-state index is 13.4. The summed E-state index contributed by atoms with van der Waals surface area (Å²) in [6.07, 6.45) is 2.84. The number of benzene rings is 1. The van der Waals surface area contributed by atoms with E-state index in [1.807, 2.05) is 19.9 Å². The molecule has 0 fully saturated rings. The number of likely N-dealkylation sites (N-methyl/N-ethyl adjacent to an activating group) is 1. The maximum absolute atomic E-state index is 13.4.